The van der Waals surface area contributed by atoms with E-state index in [1.54, 1.807) is 19.1 Å². The number of hydrogen-bond acceptors (Lipinski definition) is 2. The highest BCUT2D eigenvalue weighted by atomic mass is 35.5. The lowest BCUT2D eigenvalue weighted by molar-refractivity contribution is 0.0993. The number of rotatable bonds is 6. The number of benzene rings is 1. The van der Waals surface area contributed by atoms with Gasteiger partial charge in [0, 0.05) is 27.1 Å². The summed E-state index contributed by atoms with van der Waals surface area (Å²) in [4.78, 5) is 12.2. The van der Waals surface area contributed by atoms with Gasteiger partial charge < -0.3 is 0 Å². The second-order valence-electron chi connectivity index (χ2n) is 4.90. The zero-order chi connectivity index (χ0) is 14.6. The molecule has 1 aromatic carbocycles. The van der Waals surface area contributed by atoms with Crippen molar-refractivity contribution in [3.05, 3.63) is 33.8 Å². The van der Waals surface area contributed by atoms with E-state index in [0.717, 1.165) is 6.42 Å². The van der Waals surface area contributed by atoms with Crippen molar-refractivity contribution in [2.24, 2.45) is 5.92 Å². The quantitative estimate of drug-likeness (QED) is 0.730. The highest BCUT2D eigenvalue weighted by Gasteiger charge is 2.23. The number of ketones is 1. The molecule has 0 aromatic heterocycles. The van der Waals surface area contributed by atoms with Crippen molar-refractivity contribution >= 4 is 39.8 Å². The molecular weight excluding hydrogens is 303 g/mol. The lowest BCUT2D eigenvalue weighted by Crippen LogP contribution is -2.25. The fourth-order valence-corrected chi connectivity index (χ4v) is 3.48. The van der Waals surface area contributed by atoms with Crippen LogP contribution in [0.1, 0.15) is 37.6 Å². The summed E-state index contributed by atoms with van der Waals surface area (Å²) in [5, 5.41) is 0.248. The zero-order valence-corrected chi connectivity index (χ0v) is 13.6. The van der Waals surface area contributed by atoms with Gasteiger partial charge in [0.1, 0.15) is 0 Å². The van der Waals surface area contributed by atoms with Gasteiger partial charge in [-0.1, -0.05) is 37.0 Å². The standard InChI is InChI=1S/C14H18Cl2O2S/c1-9(2)6-7-19(18)10(3)14(17)12-5-4-11(15)8-13(12)16/h4-5,8-10H,6-7H2,1-3H3. The Morgan fingerprint density at radius 2 is 1.89 bits per heavy atom. The minimum Gasteiger partial charge on any atom is -0.293 e. The van der Waals surface area contributed by atoms with Crippen molar-refractivity contribution in [2.75, 3.05) is 5.75 Å². The lowest BCUT2D eigenvalue weighted by Gasteiger charge is -2.12. The van der Waals surface area contributed by atoms with Gasteiger partial charge in [-0.3, -0.25) is 9.00 Å². The van der Waals surface area contributed by atoms with Crippen molar-refractivity contribution in [2.45, 2.75) is 32.4 Å². The molecule has 5 heteroatoms. The summed E-state index contributed by atoms with van der Waals surface area (Å²) in [6.07, 6.45) is 0.846. The van der Waals surface area contributed by atoms with E-state index in [4.69, 9.17) is 23.2 Å². The first kappa shape index (κ1) is 16.7. The van der Waals surface area contributed by atoms with Gasteiger partial charge in [0.05, 0.1) is 10.3 Å². The highest BCUT2D eigenvalue weighted by molar-refractivity contribution is 7.86. The van der Waals surface area contributed by atoms with E-state index >= 15 is 0 Å². The van der Waals surface area contributed by atoms with Crippen LogP contribution in [0.2, 0.25) is 10.0 Å². The first-order valence-corrected chi connectivity index (χ1v) is 8.33. The summed E-state index contributed by atoms with van der Waals surface area (Å²) in [5.41, 5.74) is 0.386. The number of carbonyl (C=O) groups is 1. The van der Waals surface area contributed by atoms with Gasteiger partial charge in [-0.25, -0.2) is 0 Å². The first-order chi connectivity index (χ1) is 8.82. The van der Waals surface area contributed by atoms with Crippen molar-refractivity contribution in [1.82, 2.24) is 0 Å². The Hall–Kier alpha value is -0.380. The zero-order valence-electron chi connectivity index (χ0n) is 11.3. The number of hydrogen-bond donors (Lipinski definition) is 0. The summed E-state index contributed by atoms with van der Waals surface area (Å²) in [6, 6.07) is 4.73. The van der Waals surface area contributed by atoms with Crippen LogP contribution in [-0.2, 0) is 10.8 Å². The van der Waals surface area contributed by atoms with Crippen molar-refractivity contribution in [1.29, 1.82) is 0 Å². The van der Waals surface area contributed by atoms with Crippen LogP contribution in [0.15, 0.2) is 18.2 Å². The van der Waals surface area contributed by atoms with Crippen LogP contribution in [0.3, 0.4) is 0 Å². The average molecular weight is 321 g/mol. The Morgan fingerprint density at radius 3 is 2.42 bits per heavy atom. The van der Waals surface area contributed by atoms with E-state index in [1.165, 1.54) is 6.07 Å². The third-order valence-corrected chi connectivity index (χ3v) is 5.05. The van der Waals surface area contributed by atoms with Crippen LogP contribution < -0.4 is 0 Å². The minimum atomic E-state index is -1.17. The van der Waals surface area contributed by atoms with Gasteiger partial charge in [0.25, 0.3) is 0 Å². The van der Waals surface area contributed by atoms with E-state index < -0.39 is 16.0 Å². The molecule has 0 saturated heterocycles. The number of Topliss-reactive ketones (excluding diaryl/α,β-unsaturated/α-hetero) is 1. The molecule has 0 radical (unpaired) electrons. The maximum Gasteiger partial charge on any atom is 0.179 e. The normalized spacial score (nSPS) is 14.4. The molecule has 0 aliphatic rings. The molecule has 0 saturated carbocycles. The molecule has 1 rings (SSSR count). The smallest absolute Gasteiger partial charge is 0.179 e. The molecule has 2 unspecified atom stereocenters. The molecule has 0 amide bonds. The van der Waals surface area contributed by atoms with Crippen molar-refractivity contribution in [3.63, 3.8) is 0 Å². The van der Waals surface area contributed by atoms with Crippen LogP contribution in [0.5, 0.6) is 0 Å². The van der Waals surface area contributed by atoms with E-state index in [1.807, 2.05) is 0 Å². The molecule has 0 fully saturated rings. The maximum absolute atomic E-state index is 12.2. The molecule has 0 aliphatic carbocycles. The number of halogens is 2. The summed E-state index contributed by atoms with van der Waals surface area (Å²) in [5.74, 6) is 0.824. The summed E-state index contributed by atoms with van der Waals surface area (Å²) in [7, 11) is -1.17. The first-order valence-electron chi connectivity index (χ1n) is 6.19. The average Bonchev–Trinajstić information content (AvgIpc) is 2.34. The van der Waals surface area contributed by atoms with Crippen LogP contribution in [0.4, 0.5) is 0 Å². The molecule has 0 bridgehead atoms. The Balaban J connectivity index is 2.79. The Morgan fingerprint density at radius 1 is 1.26 bits per heavy atom. The largest absolute Gasteiger partial charge is 0.293 e. The SMILES string of the molecule is CC(C)CCS(=O)C(C)C(=O)c1ccc(Cl)cc1Cl. The molecule has 2 nitrogen and oxygen atoms in total. The lowest BCUT2D eigenvalue weighted by atomic mass is 10.1. The summed E-state index contributed by atoms with van der Waals surface area (Å²) in [6.45, 7) is 5.82. The third-order valence-electron chi connectivity index (χ3n) is 2.86. The van der Waals surface area contributed by atoms with E-state index in [2.05, 4.69) is 13.8 Å². The van der Waals surface area contributed by atoms with E-state index in [-0.39, 0.29) is 5.78 Å². The van der Waals surface area contributed by atoms with Crippen LogP contribution >= 0.6 is 23.2 Å². The Kier molecular flexibility index (Phi) is 6.51. The van der Waals surface area contributed by atoms with Gasteiger partial charge in [0.2, 0.25) is 0 Å². The topological polar surface area (TPSA) is 34.1 Å². The van der Waals surface area contributed by atoms with Crippen molar-refractivity contribution in [3.8, 4) is 0 Å². The maximum atomic E-state index is 12.2. The molecule has 0 N–H and O–H groups in total. The summed E-state index contributed by atoms with van der Waals surface area (Å²) < 4.78 is 12.1. The van der Waals surface area contributed by atoms with Gasteiger partial charge in [-0.2, -0.15) is 0 Å². The van der Waals surface area contributed by atoms with Gasteiger partial charge >= 0.3 is 0 Å². The molecule has 0 heterocycles. The molecular formula is C14H18Cl2O2S. The predicted octanol–water partition coefficient (Wildman–Crippen LogP) is 4.36. The minimum absolute atomic E-state index is 0.191. The third kappa shape index (κ3) is 4.90. The number of carbonyl (C=O) groups excluding carboxylic acids is 1. The monoisotopic (exact) mass is 320 g/mol. The van der Waals surface area contributed by atoms with E-state index in [9.17, 15) is 9.00 Å². The van der Waals surface area contributed by atoms with Crippen LogP contribution in [0.25, 0.3) is 0 Å². The van der Waals surface area contributed by atoms with E-state index in [0.29, 0.717) is 27.3 Å². The molecule has 0 spiro atoms. The fourth-order valence-electron chi connectivity index (χ4n) is 1.56. The highest BCUT2D eigenvalue weighted by Crippen LogP contribution is 2.23. The molecule has 0 aliphatic heterocycles. The van der Waals surface area contributed by atoms with Gasteiger partial charge in [0.15, 0.2) is 5.78 Å². The van der Waals surface area contributed by atoms with Crippen molar-refractivity contribution < 1.29 is 9.00 Å². The fraction of sp³-hybridized carbons (Fsp3) is 0.500. The second-order valence-corrected chi connectivity index (χ2v) is 7.62. The van der Waals surface area contributed by atoms with Gasteiger partial charge in [-0.15, -0.1) is 0 Å². The molecule has 19 heavy (non-hydrogen) atoms. The van der Waals surface area contributed by atoms with Crippen LogP contribution in [0, 0.1) is 5.92 Å². The second kappa shape index (κ2) is 7.41. The molecule has 1 aromatic rings. The Labute approximate surface area is 126 Å². The molecule has 106 valence electrons. The van der Waals surface area contributed by atoms with Crippen LogP contribution in [-0.4, -0.2) is 21.0 Å². The predicted molar refractivity (Wildman–Crippen MR) is 82.7 cm³/mol. The molecule has 2 atom stereocenters. The Bertz CT molecular complexity index is 486. The van der Waals surface area contributed by atoms with Gasteiger partial charge in [-0.05, 0) is 37.5 Å². The summed E-state index contributed by atoms with van der Waals surface area (Å²) >= 11 is 11.8.